The predicted molar refractivity (Wildman–Crippen MR) is 142 cm³/mol. The summed E-state index contributed by atoms with van der Waals surface area (Å²) in [5.41, 5.74) is 2.79. The summed E-state index contributed by atoms with van der Waals surface area (Å²) in [7, 11) is -3.75. The van der Waals surface area contributed by atoms with Crippen LogP contribution in [0.5, 0.6) is 0 Å². The highest BCUT2D eigenvalue weighted by atomic mass is 32.2. The van der Waals surface area contributed by atoms with Gasteiger partial charge in [0.15, 0.2) is 0 Å². The average Bonchev–Trinajstić information content (AvgIpc) is 2.74. The number of nitrogens with zero attached hydrogens (tertiary/aromatic N) is 2. The SMILES string of the molecule is CC[C@@H](C(=O)NC(C)(C)C)N(CCc1ccccc1)C(=O)CN(c1ccc(C)cc1C)S(C)(=O)=O. The molecule has 0 aliphatic rings. The Morgan fingerprint density at radius 3 is 2.17 bits per heavy atom. The van der Waals surface area contributed by atoms with E-state index in [-0.39, 0.29) is 12.5 Å². The Hall–Kier alpha value is -2.87. The van der Waals surface area contributed by atoms with Gasteiger partial charge in [0.25, 0.3) is 0 Å². The standard InChI is InChI=1S/C27H39N3O4S/c1-8-23(26(32)28-27(4,5)6)29(17-16-22-12-10-9-11-13-22)25(31)19-30(35(7,33)34)24-15-14-20(2)18-21(24)3/h9-15,18,23H,8,16-17,19H2,1-7H3,(H,28,32)/t23-/m0/s1. The molecule has 7 nitrogen and oxygen atoms in total. The average molecular weight is 502 g/mol. The number of amides is 2. The minimum atomic E-state index is -3.75. The number of anilines is 1. The van der Waals surface area contributed by atoms with E-state index in [1.807, 2.05) is 84.0 Å². The van der Waals surface area contributed by atoms with Crippen molar-refractivity contribution in [3.63, 3.8) is 0 Å². The third kappa shape index (κ3) is 8.38. The van der Waals surface area contributed by atoms with Crippen LogP contribution in [-0.2, 0) is 26.0 Å². The van der Waals surface area contributed by atoms with Gasteiger partial charge in [-0.1, -0.05) is 55.0 Å². The van der Waals surface area contributed by atoms with Crippen LogP contribution in [-0.4, -0.2) is 56.1 Å². The molecule has 0 aliphatic carbocycles. The molecule has 0 heterocycles. The third-order valence-electron chi connectivity index (χ3n) is 5.67. The Kier molecular flexibility index (Phi) is 9.49. The van der Waals surface area contributed by atoms with Crippen LogP contribution >= 0.6 is 0 Å². The molecule has 2 aromatic carbocycles. The molecule has 2 amide bonds. The number of hydrogen-bond donors (Lipinski definition) is 1. The van der Waals surface area contributed by atoms with Crippen molar-refractivity contribution in [2.45, 2.75) is 66.0 Å². The van der Waals surface area contributed by atoms with E-state index in [0.717, 1.165) is 27.3 Å². The van der Waals surface area contributed by atoms with E-state index >= 15 is 0 Å². The number of hydrogen-bond acceptors (Lipinski definition) is 4. The fraction of sp³-hybridized carbons (Fsp3) is 0.481. The lowest BCUT2D eigenvalue weighted by Crippen LogP contribution is -2.56. The van der Waals surface area contributed by atoms with Crippen LogP contribution in [0.25, 0.3) is 0 Å². The Bertz CT molecular complexity index is 1120. The zero-order valence-corrected chi connectivity index (χ0v) is 22.8. The van der Waals surface area contributed by atoms with Crippen molar-refractivity contribution >= 4 is 27.5 Å². The third-order valence-corrected chi connectivity index (χ3v) is 6.79. The van der Waals surface area contributed by atoms with Crippen molar-refractivity contribution in [2.24, 2.45) is 0 Å². The molecule has 2 aromatic rings. The second kappa shape index (κ2) is 11.7. The summed E-state index contributed by atoms with van der Waals surface area (Å²) in [4.78, 5) is 28.4. The van der Waals surface area contributed by atoms with Crippen LogP contribution < -0.4 is 9.62 Å². The maximum atomic E-state index is 13.7. The summed E-state index contributed by atoms with van der Waals surface area (Å²) in [5, 5.41) is 2.97. The van der Waals surface area contributed by atoms with Gasteiger partial charge in [0, 0.05) is 12.1 Å². The number of carbonyl (C=O) groups excluding carboxylic acids is 2. The quantitative estimate of drug-likeness (QED) is 0.536. The molecule has 0 saturated carbocycles. The summed E-state index contributed by atoms with van der Waals surface area (Å²) in [6, 6.07) is 14.4. The van der Waals surface area contributed by atoms with Crippen LogP contribution in [0.4, 0.5) is 5.69 Å². The maximum absolute atomic E-state index is 13.7. The van der Waals surface area contributed by atoms with Crippen molar-refractivity contribution in [1.82, 2.24) is 10.2 Å². The highest BCUT2D eigenvalue weighted by molar-refractivity contribution is 7.92. The van der Waals surface area contributed by atoms with Crippen LogP contribution in [0.2, 0.25) is 0 Å². The van der Waals surface area contributed by atoms with Gasteiger partial charge in [0.1, 0.15) is 12.6 Å². The highest BCUT2D eigenvalue weighted by Gasteiger charge is 2.33. The fourth-order valence-electron chi connectivity index (χ4n) is 4.03. The molecule has 0 saturated heterocycles. The van der Waals surface area contributed by atoms with Crippen LogP contribution in [0.15, 0.2) is 48.5 Å². The number of sulfonamides is 1. The van der Waals surface area contributed by atoms with Gasteiger partial charge in [-0.3, -0.25) is 13.9 Å². The largest absolute Gasteiger partial charge is 0.350 e. The zero-order chi connectivity index (χ0) is 26.4. The molecule has 192 valence electrons. The van der Waals surface area contributed by atoms with Gasteiger partial charge in [-0.25, -0.2) is 8.42 Å². The first-order valence-corrected chi connectivity index (χ1v) is 13.8. The Labute approximate surface area is 210 Å². The zero-order valence-electron chi connectivity index (χ0n) is 22.0. The molecule has 0 aromatic heterocycles. The Morgan fingerprint density at radius 1 is 1.03 bits per heavy atom. The van der Waals surface area contributed by atoms with Crippen molar-refractivity contribution in [3.8, 4) is 0 Å². The summed E-state index contributed by atoms with van der Waals surface area (Å²) in [5.74, 6) is -0.666. The Balaban J connectivity index is 2.41. The molecule has 2 rings (SSSR count). The second-order valence-corrected chi connectivity index (χ2v) is 12.0. The molecule has 0 fully saturated rings. The van der Waals surface area contributed by atoms with Gasteiger partial charge >= 0.3 is 0 Å². The second-order valence-electron chi connectivity index (χ2n) is 10.0. The van der Waals surface area contributed by atoms with Gasteiger partial charge < -0.3 is 10.2 Å². The van der Waals surface area contributed by atoms with Gasteiger partial charge in [-0.2, -0.15) is 0 Å². The van der Waals surface area contributed by atoms with Crippen LogP contribution in [0.1, 0.15) is 50.8 Å². The lowest BCUT2D eigenvalue weighted by atomic mass is 10.1. The smallest absolute Gasteiger partial charge is 0.244 e. The summed E-state index contributed by atoms with van der Waals surface area (Å²) in [6.07, 6.45) is 2.05. The van der Waals surface area contributed by atoms with Crippen molar-refractivity contribution in [2.75, 3.05) is 23.7 Å². The maximum Gasteiger partial charge on any atom is 0.244 e. The molecule has 0 unspecified atom stereocenters. The number of carbonyl (C=O) groups is 2. The normalized spacial score (nSPS) is 12.7. The van der Waals surface area contributed by atoms with E-state index in [0.29, 0.717) is 25.1 Å². The van der Waals surface area contributed by atoms with Gasteiger partial charge in [-0.05, 0) is 64.7 Å². The molecule has 0 radical (unpaired) electrons. The lowest BCUT2D eigenvalue weighted by molar-refractivity contribution is -0.140. The van der Waals surface area contributed by atoms with Gasteiger partial charge in [-0.15, -0.1) is 0 Å². The highest BCUT2D eigenvalue weighted by Crippen LogP contribution is 2.24. The van der Waals surface area contributed by atoms with Crippen molar-refractivity contribution in [1.29, 1.82) is 0 Å². The summed E-state index contributed by atoms with van der Waals surface area (Å²) >= 11 is 0. The number of rotatable bonds is 10. The minimum Gasteiger partial charge on any atom is -0.350 e. The molecular weight excluding hydrogens is 462 g/mol. The molecule has 8 heteroatoms. The monoisotopic (exact) mass is 501 g/mol. The Morgan fingerprint density at radius 2 is 1.66 bits per heavy atom. The predicted octanol–water partition coefficient (Wildman–Crippen LogP) is 3.83. The first-order chi connectivity index (χ1) is 16.2. The first-order valence-electron chi connectivity index (χ1n) is 11.9. The molecule has 0 spiro atoms. The first kappa shape index (κ1) is 28.4. The van der Waals surface area contributed by atoms with Gasteiger partial charge in [0.2, 0.25) is 21.8 Å². The van der Waals surface area contributed by atoms with E-state index in [1.54, 1.807) is 6.07 Å². The van der Waals surface area contributed by atoms with E-state index in [1.165, 1.54) is 4.90 Å². The molecule has 0 bridgehead atoms. The van der Waals surface area contributed by atoms with E-state index in [9.17, 15) is 18.0 Å². The van der Waals surface area contributed by atoms with Crippen molar-refractivity contribution < 1.29 is 18.0 Å². The summed E-state index contributed by atoms with van der Waals surface area (Å²) < 4.78 is 26.6. The molecule has 35 heavy (non-hydrogen) atoms. The van der Waals surface area contributed by atoms with E-state index in [4.69, 9.17) is 0 Å². The molecule has 0 aliphatic heterocycles. The lowest BCUT2D eigenvalue weighted by Gasteiger charge is -2.34. The van der Waals surface area contributed by atoms with Crippen LogP contribution in [0, 0.1) is 13.8 Å². The number of aryl methyl sites for hydroxylation is 2. The van der Waals surface area contributed by atoms with E-state index in [2.05, 4.69) is 5.32 Å². The number of benzene rings is 2. The minimum absolute atomic E-state index is 0.251. The summed E-state index contributed by atoms with van der Waals surface area (Å²) in [6.45, 7) is 11.2. The molecular formula is C27H39N3O4S. The van der Waals surface area contributed by atoms with Crippen molar-refractivity contribution in [3.05, 3.63) is 65.2 Å². The molecule has 1 N–H and O–H groups in total. The number of nitrogens with one attached hydrogen (secondary N) is 1. The van der Waals surface area contributed by atoms with Gasteiger partial charge in [0.05, 0.1) is 11.9 Å². The van der Waals surface area contributed by atoms with Crippen LogP contribution in [0.3, 0.4) is 0 Å². The molecule has 1 atom stereocenters. The topological polar surface area (TPSA) is 86.8 Å². The fourth-order valence-corrected chi connectivity index (χ4v) is 4.94. The van der Waals surface area contributed by atoms with E-state index < -0.39 is 27.5 Å².